The van der Waals surface area contributed by atoms with Crippen LogP contribution in [0.1, 0.15) is 34.8 Å². The van der Waals surface area contributed by atoms with Gasteiger partial charge >= 0.3 is 18.9 Å². The van der Waals surface area contributed by atoms with Crippen molar-refractivity contribution in [2.75, 3.05) is 7.11 Å². The molecule has 0 unspecified atom stereocenters. The van der Waals surface area contributed by atoms with Crippen molar-refractivity contribution in [3.8, 4) is 0 Å². The molecule has 0 atom stereocenters. The average Bonchev–Trinajstić information content (AvgIpc) is 3.19. The van der Waals surface area contributed by atoms with Gasteiger partial charge in [0.2, 0.25) is 5.39 Å². The van der Waals surface area contributed by atoms with E-state index < -0.39 is 13.2 Å². The summed E-state index contributed by atoms with van der Waals surface area (Å²) in [7, 11) is -4.74. The van der Waals surface area contributed by atoms with Crippen LogP contribution in [0.15, 0.2) is 6.07 Å². The summed E-state index contributed by atoms with van der Waals surface area (Å²) < 4.78 is 43.6. The lowest BCUT2D eigenvalue weighted by molar-refractivity contribution is 0.0601. The van der Waals surface area contributed by atoms with Gasteiger partial charge in [0.05, 0.1) is 7.11 Å². The van der Waals surface area contributed by atoms with Gasteiger partial charge in [0.1, 0.15) is 10.8 Å². The van der Waals surface area contributed by atoms with E-state index in [4.69, 9.17) is 17.0 Å². The zero-order valence-corrected chi connectivity index (χ0v) is 11.5. The zero-order valence-electron chi connectivity index (χ0n) is 10.7. The first kappa shape index (κ1) is 17.2. The Kier molecular flexibility index (Phi) is 5.49. The minimum atomic E-state index is -6.00. The van der Waals surface area contributed by atoms with E-state index in [0.717, 1.165) is 12.8 Å². The summed E-state index contributed by atoms with van der Waals surface area (Å²) in [6, 6.07) is 1.34. The summed E-state index contributed by atoms with van der Waals surface area (Å²) in [5.74, 6) is -0.355. The first-order valence-corrected chi connectivity index (χ1v) is 6.06. The van der Waals surface area contributed by atoms with Crippen LogP contribution in [0.4, 0.5) is 23.0 Å². The molecule has 1 saturated carbocycles. The van der Waals surface area contributed by atoms with Crippen LogP contribution in [-0.2, 0) is 4.74 Å². The maximum absolute atomic E-state index is 11.5. The number of hydrogen-bond acceptors (Lipinski definition) is 4. The SMILES string of the molecule is COC(=O)c1cc(Cl)nc(C2CC2)c1[N+]#N.F[B-](F)(F)F. The molecule has 0 aromatic carbocycles. The van der Waals surface area contributed by atoms with E-state index in [-0.39, 0.29) is 22.3 Å². The maximum Gasteiger partial charge on any atom is 0.673 e. The summed E-state index contributed by atoms with van der Waals surface area (Å²) in [5, 5.41) is 9.15. The van der Waals surface area contributed by atoms with Crippen LogP contribution in [0.2, 0.25) is 5.15 Å². The molecule has 2 rings (SSSR count). The number of carbonyl (C=O) groups is 1. The number of hydrogen-bond donors (Lipinski definition) is 0. The Morgan fingerprint density at radius 1 is 1.48 bits per heavy atom. The van der Waals surface area contributed by atoms with Gasteiger partial charge in [-0.15, -0.1) is 0 Å². The van der Waals surface area contributed by atoms with Gasteiger partial charge in [0.25, 0.3) is 0 Å². The molecule has 1 aliphatic rings. The van der Waals surface area contributed by atoms with E-state index in [1.54, 1.807) is 0 Å². The number of nitrogens with zero attached hydrogens (tertiary/aromatic N) is 3. The van der Waals surface area contributed by atoms with Crippen molar-refractivity contribution >= 4 is 30.5 Å². The Hall–Kier alpha value is -1.89. The van der Waals surface area contributed by atoms with E-state index in [1.807, 2.05) is 0 Å². The standard InChI is InChI=1S/C10H9ClN3O2.BF4/c1-16-10(15)6-4-7(11)13-8(5-2-3-5)9(6)14-12;2-1(3,4)5/h4-5H,2-3H2,1H3;/q+1;-1. The van der Waals surface area contributed by atoms with Crippen molar-refractivity contribution in [2.24, 2.45) is 0 Å². The highest BCUT2D eigenvalue weighted by Gasteiger charge is 2.37. The second-order valence-corrected chi connectivity index (χ2v) is 4.47. The van der Waals surface area contributed by atoms with Crippen molar-refractivity contribution in [3.05, 3.63) is 27.5 Å². The number of halogens is 5. The second-order valence-electron chi connectivity index (χ2n) is 4.09. The molecule has 11 heteroatoms. The summed E-state index contributed by atoms with van der Waals surface area (Å²) in [6.07, 6.45) is 1.94. The monoisotopic (exact) mass is 325 g/mol. The number of ether oxygens (including phenoxy) is 1. The molecule has 1 heterocycles. The van der Waals surface area contributed by atoms with Crippen LogP contribution in [0.25, 0.3) is 4.98 Å². The van der Waals surface area contributed by atoms with Crippen molar-refractivity contribution in [1.29, 1.82) is 5.39 Å². The van der Waals surface area contributed by atoms with Gasteiger partial charge < -0.3 is 22.0 Å². The fourth-order valence-electron chi connectivity index (χ4n) is 1.54. The lowest BCUT2D eigenvalue weighted by atomic mass is 10.1. The normalized spacial score (nSPS) is 13.8. The third-order valence-corrected chi connectivity index (χ3v) is 2.65. The van der Waals surface area contributed by atoms with E-state index >= 15 is 0 Å². The Balaban J connectivity index is 0.000000383. The lowest BCUT2D eigenvalue weighted by Gasteiger charge is -2.00. The van der Waals surface area contributed by atoms with E-state index in [0.29, 0.717) is 5.69 Å². The number of carbonyl (C=O) groups excluding carboxylic acids is 1. The molecule has 0 bridgehead atoms. The first-order valence-electron chi connectivity index (χ1n) is 5.68. The van der Waals surface area contributed by atoms with E-state index in [1.165, 1.54) is 13.2 Å². The molecule has 114 valence electrons. The van der Waals surface area contributed by atoms with E-state index in [9.17, 15) is 22.1 Å². The van der Waals surface area contributed by atoms with Crippen LogP contribution < -0.4 is 0 Å². The Labute approximate surface area is 122 Å². The summed E-state index contributed by atoms with van der Waals surface area (Å²) in [6.45, 7) is 0. The van der Waals surface area contributed by atoms with Gasteiger partial charge in [-0.1, -0.05) is 11.6 Å². The van der Waals surface area contributed by atoms with Gasteiger partial charge in [-0.05, 0) is 18.9 Å². The minimum absolute atomic E-state index is 0.145. The molecular formula is C10H9BClF4N3O2. The highest BCUT2D eigenvalue weighted by atomic mass is 35.5. The van der Waals surface area contributed by atoms with Crippen LogP contribution in [0, 0.1) is 5.39 Å². The molecule has 0 N–H and O–H groups in total. The smallest absolute Gasteiger partial charge is 0.465 e. The molecule has 21 heavy (non-hydrogen) atoms. The fraction of sp³-hybridized carbons (Fsp3) is 0.400. The minimum Gasteiger partial charge on any atom is -0.465 e. The molecule has 0 radical (unpaired) electrons. The Bertz CT molecular complexity index is 581. The van der Waals surface area contributed by atoms with Crippen LogP contribution in [0.5, 0.6) is 0 Å². The topological polar surface area (TPSA) is 67.3 Å². The summed E-state index contributed by atoms with van der Waals surface area (Å²) in [5.41, 5.74) is 0.876. The zero-order chi connectivity index (χ0) is 16.2. The number of aromatic nitrogens is 1. The average molecular weight is 325 g/mol. The number of rotatable bonds is 2. The number of methoxy groups -OCH3 is 1. The largest absolute Gasteiger partial charge is 0.673 e. The molecule has 1 aliphatic carbocycles. The molecule has 5 nitrogen and oxygen atoms in total. The van der Waals surface area contributed by atoms with Gasteiger partial charge in [-0.25, -0.2) is 9.78 Å². The number of pyridine rings is 1. The molecule has 0 saturated heterocycles. The molecule has 0 spiro atoms. The highest BCUT2D eigenvalue weighted by Crippen LogP contribution is 2.45. The molecule has 0 aliphatic heterocycles. The Morgan fingerprint density at radius 2 is 2.00 bits per heavy atom. The maximum atomic E-state index is 11.5. The van der Waals surface area contributed by atoms with Gasteiger partial charge in [-0.3, -0.25) is 0 Å². The third kappa shape index (κ3) is 5.55. The van der Waals surface area contributed by atoms with Crippen molar-refractivity contribution in [3.63, 3.8) is 0 Å². The van der Waals surface area contributed by atoms with Crippen LogP contribution in [-0.4, -0.2) is 25.3 Å². The van der Waals surface area contributed by atoms with Crippen molar-refractivity contribution in [1.82, 2.24) is 4.98 Å². The molecule has 0 amide bonds. The van der Waals surface area contributed by atoms with Gasteiger partial charge in [0.15, 0.2) is 10.5 Å². The van der Waals surface area contributed by atoms with Crippen LogP contribution in [0.3, 0.4) is 0 Å². The molecule has 1 aromatic rings. The second kappa shape index (κ2) is 6.71. The predicted molar refractivity (Wildman–Crippen MR) is 67.5 cm³/mol. The van der Waals surface area contributed by atoms with E-state index in [2.05, 4.69) is 14.7 Å². The lowest BCUT2D eigenvalue weighted by Crippen LogP contribution is -2.04. The van der Waals surface area contributed by atoms with Crippen molar-refractivity contribution < 1.29 is 26.8 Å². The highest BCUT2D eigenvalue weighted by molar-refractivity contribution is 6.50. The van der Waals surface area contributed by atoms with Gasteiger partial charge in [0, 0.05) is 5.92 Å². The molecule has 1 aromatic heterocycles. The fourth-order valence-corrected chi connectivity index (χ4v) is 1.74. The quantitative estimate of drug-likeness (QED) is 0.269. The number of diazo groups is 1. The first-order chi connectivity index (χ1) is 9.67. The predicted octanol–water partition coefficient (Wildman–Crippen LogP) is 4.18. The van der Waals surface area contributed by atoms with Crippen LogP contribution >= 0.6 is 11.6 Å². The van der Waals surface area contributed by atoms with Gasteiger partial charge in [-0.2, -0.15) is 0 Å². The van der Waals surface area contributed by atoms with Crippen molar-refractivity contribution in [2.45, 2.75) is 18.8 Å². The summed E-state index contributed by atoms with van der Waals surface area (Å²) in [4.78, 5) is 18.7. The number of esters is 1. The third-order valence-electron chi connectivity index (χ3n) is 2.46. The Morgan fingerprint density at radius 3 is 2.38 bits per heavy atom. The molecular weight excluding hydrogens is 316 g/mol. The molecule has 1 fully saturated rings. The summed E-state index contributed by atoms with van der Waals surface area (Å²) >= 11 is 5.81.